The van der Waals surface area contributed by atoms with Crippen molar-refractivity contribution in [1.29, 1.82) is 0 Å². The summed E-state index contributed by atoms with van der Waals surface area (Å²) in [5.74, 6) is 0.347. The Balaban J connectivity index is 1.40. The molecule has 0 bridgehead atoms. The van der Waals surface area contributed by atoms with E-state index in [1.54, 1.807) is 19.6 Å². The van der Waals surface area contributed by atoms with Gasteiger partial charge in [-0.2, -0.15) is 0 Å². The maximum absolute atomic E-state index is 12.3. The first-order chi connectivity index (χ1) is 18.2. The predicted molar refractivity (Wildman–Crippen MR) is 141 cm³/mol. The third-order valence-electron chi connectivity index (χ3n) is 6.21. The molecule has 0 aliphatic rings. The van der Waals surface area contributed by atoms with Crippen molar-refractivity contribution in [3.05, 3.63) is 89.9 Å². The maximum atomic E-state index is 12.3. The summed E-state index contributed by atoms with van der Waals surface area (Å²) in [5.41, 5.74) is 12.1. The molecule has 0 atom stereocenters. The van der Waals surface area contributed by atoms with Gasteiger partial charge in [0.05, 0.1) is 25.6 Å². The molecular formula is C30H29NO6. The highest BCUT2D eigenvalue weighted by molar-refractivity contribution is 6.01. The van der Waals surface area contributed by atoms with Gasteiger partial charge in [0.25, 0.3) is 0 Å². The van der Waals surface area contributed by atoms with E-state index in [-0.39, 0.29) is 12.4 Å². The van der Waals surface area contributed by atoms with Gasteiger partial charge in [0.2, 0.25) is 0 Å². The van der Waals surface area contributed by atoms with Crippen LogP contribution in [0.3, 0.4) is 0 Å². The van der Waals surface area contributed by atoms with Gasteiger partial charge in [-0.05, 0) is 53.6 Å². The Morgan fingerprint density at radius 2 is 1.54 bits per heavy atom. The van der Waals surface area contributed by atoms with Crippen molar-refractivity contribution in [3.8, 4) is 16.9 Å². The first-order valence-electron chi connectivity index (χ1n) is 12.2. The average molecular weight is 500 g/mol. The van der Waals surface area contributed by atoms with Gasteiger partial charge >= 0.3 is 5.97 Å². The van der Waals surface area contributed by atoms with Crippen molar-refractivity contribution in [2.45, 2.75) is 26.0 Å². The van der Waals surface area contributed by atoms with Crippen LogP contribution in [0.15, 0.2) is 82.0 Å². The Morgan fingerprint density at radius 3 is 2.24 bits per heavy atom. The number of furan rings is 2. The summed E-state index contributed by atoms with van der Waals surface area (Å²) in [6.07, 6.45) is 4.16. The minimum Gasteiger partial charge on any atom is -0.489 e. The lowest BCUT2D eigenvalue weighted by Crippen LogP contribution is -2.11. The minimum absolute atomic E-state index is 0.136. The van der Waals surface area contributed by atoms with Crippen molar-refractivity contribution in [2.75, 3.05) is 20.3 Å². The van der Waals surface area contributed by atoms with Crippen LogP contribution in [-0.2, 0) is 33.8 Å². The van der Waals surface area contributed by atoms with Crippen molar-refractivity contribution < 1.29 is 27.8 Å². The van der Waals surface area contributed by atoms with Crippen LogP contribution in [0.25, 0.3) is 33.1 Å². The molecule has 5 aromatic rings. The van der Waals surface area contributed by atoms with Gasteiger partial charge < -0.3 is 28.8 Å². The fourth-order valence-corrected chi connectivity index (χ4v) is 4.44. The van der Waals surface area contributed by atoms with Crippen LogP contribution < -0.4 is 10.5 Å². The number of fused-ring (bicyclic) bond motifs is 2. The van der Waals surface area contributed by atoms with Gasteiger partial charge in [-0.3, -0.25) is 4.79 Å². The molecule has 0 unspecified atom stereocenters. The molecule has 2 aromatic heterocycles. The monoisotopic (exact) mass is 499 g/mol. The number of benzene rings is 3. The topological polar surface area (TPSA) is 97.1 Å². The minimum atomic E-state index is -0.295. The zero-order valence-electron chi connectivity index (χ0n) is 20.7. The van der Waals surface area contributed by atoms with E-state index in [1.807, 2.05) is 54.6 Å². The zero-order valence-corrected chi connectivity index (χ0v) is 20.7. The molecule has 0 radical (unpaired) electrons. The lowest BCUT2D eigenvalue weighted by Gasteiger charge is -2.13. The molecule has 7 heteroatoms. The zero-order chi connectivity index (χ0) is 25.6. The second kappa shape index (κ2) is 11.3. The number of carbonyl (C=O) groups excluding carboxylic acids is 1. The normalized spacial score (nSPS) is 11.3. The Morgan fingerprint density at radius 1 is 0.865 bits per heavy atom. The van der Waals surface area contributed by atoms with E-state index in [0.29, 0.717) is 38.5 Å². The number of hydrogen-bond donors (Lipinski definition) is 1. The van der Waals surface area contributed by atoms with Gasteiger partial charge in [0, 0.05) is 54.1 Å². The van der Waals surface area contributed by atoms with Crippen LogP contribution in [0, 0.1) is 0 Å². The van der Waals surface area contributed by atoms with Gasteiger partial charge in [0.15, 0.2) is 0 Å². The molecule has 7 nitrogen and oxygen atoms in total. The van der Waals surface area contributed by atoms with E-state index in [9.17, 15) is 4.79 Å². The van der Waals surface area contributed by atoms with Crippen LogP contribution in [0.2, 0.25) is 0 Å². The van der Waals surface area contributed by atoms with Gasteiger partial charge in [-0.1, -0.05) is 18.2 Å². The van der Waals surface area contributed by atoms with Gasteiger partial charge in [-0.25, -0.2) is 0 Å². The van der Waals surface area contributed by atoms with E-state index in [1.165, 1.54) is 0 Å². The molecule has 0 saturated carbocycles. The fraction of sp³-hybridized carbons (Fsp3) is 0.233. The van der Waals surface area contributed by atoms with Crippen LogP contribution in [-0.4, -0.2) is 26.3 Å². The molecule has 0 aliphatic carbocycles. The third kappa shape index (κ3) is 5.53. The first kappa shape index (κ1) is 24.6. The molecule has 2 N–H and O–H groups in total. The van der Waals surface area contributed by atoms with Crippen LogP contribution in [0.4, 0.5) is 0 Å². The molecule has 190 valence electrons. The first-order valence-corrected chi connectivity index (χ1v) is 12.2. The number of esters is 1. The standard InChI is InChI=1S/C30H29NO6/c1-33-9-4-10-34-28(32)17-22-5-2-3-6-27(22)37-19-21-14-24-8-12-36-30(24)26(16-21)25-15-20(18-31)13-23-7-11-35-29(23)25/h2-3,5-8,11-16H,4,9-10,17-19,31H2,1H3. The highest BCUT2D eigenvalue weighted by Crippen LogP contribution is 2.37. The second-order valence-corrected chi connectivity index (χ2v) is 8.81. The lowest BCUT2D eigenvalue weighted by molar-refractivity contribution is -0.143. The molecule has 0 aliphatic heterocycles. The molecule has 37 heavy (non-hydrogen) atoms. The van der Waals surface area contributed by atoms with Crippen LogP contribution >= 0.6 is 0 Å². The van der Waals surface area contributed by atoms with Crippen molar-refractivity contribution in [1.82, 2.24) is 0 Å². The summed E-state index contributed by atoms with van der Waals surface area (Å²) in [6.45, 7) is 1.62. The molecule has 2 heterocycles. The second-order valence-electron chi connectivity index (χ2n) is 8.81. The largest absolute Gasteiger partial charge is 0.489 e. The van der Waals surface area contributed by atoms with Crippen molar-refractivity contribution in [2.24, 2.45) is 5.73 Å². The number of carbonyl (C=O) groups is 1. The fourth-order valence-electron chi connectivity index (χ4n) is 4.44. The summed E-state index contributed by atoms with van der Waals surface area (Å²) in [7, 11) is 1.62. The molecule has 5 rings (SSSR count). The van der Waals surface area contributed by atoms with E-state index >= 15 is 0 Å². The van der Waals surface area contributed by atoms with Gasteiger partial charge in [-0.15, -0.1) is 0 Å². The number of rotatable bonds is 11. The van der Waals surface area contributed by atoms with Gasteiger partial charge in [0.1, 0.15) is 23.5 Å². The highest BCUT2D eigenvalue weighted by atomic mass is 16.5. The Kier molecular flexibility index (Phi) is 7.54. The van der Waals surface area contributed by atoms with E-state index < -0.39 is 0 Å². The van der Waals surface area contributed by atoms with E-state index in [2.05, 4.69) is 6.07 Å². The molecule has 0 fully saturated rings. The Labute approximate surface area is 214 Å². The predicted octanol–water partition coefficient (Wildman–Crippen LogP) is 6.01. The number of para-hydroxylation sites is 1. The number of methoxy groups -OCH3 is 1. The summed E-state index contributed by atoms with van der Waals surface area (Å²) in [5, 5.41) is 1.95. The van der Waals surface area contributed by atoms with Crippen LogP contribution in [0.5, 0.6) is 5.75 Å². The average Bonchev–Trinajstić information content (AvgIpc) is 3.59. The molecule has 0 spiro atoms. The smallest absolute Gasteiger partial charge is 0.310 e. The molecular weight excluding hydrogens is 470 g/mol. The molecule has 0 saturated heterocycles. The molecule has 0 amide bonds. The summed E-state index contributed by atoms with van der Waals surface area (Å²) in [4.78, 5) is 12.3. The highest BCUT2D eigenvalue weighted by Gasteiger charge is 2.16. The Hall–Kier alpha value is -4.07. The lowest BCUT2D eigenvalue weighted by atomic mass is 9.97. The van der Waals surface area contributed by atoms with Crippen molar-refractivity contribution in [3.63, 3.8) is 0 Å². The Bertz CT molecular complexity index is 1520. The number of ether oxygens (including phenoxy) is 3. The summed E-state index contributed by atoms with van der Waals surface area (Å²) >= 11 is 0. The number of hydrogen-bond acceptors (Lipinski definition) is 7. The third-order valence-corrected chi connectivity index (χ3v) is 6.21. The maximum Gasteiger partial charge on any atom is 0.310 e. The summed E-state index contributed by atoms with van der Waals surface area (Å²) < 4.78 is 28.2. The summed E-state index contributed by atoms with van der Waals surface area (Å²) in [6, 6.07) is 19.6. The SMILES string of the molecule is COCCCOC(=O)Cc1ccccc1OCc1cc(-c2cc(CN)cc3ccoc23)c2occc2c1. The van der Waals surface area contributed by atoms with E-state index in [4.69, 9.17) is 28.8 Å². The molecule has 3 aromatic carbocycles. The quantitative estimate of drug-likeness (QED) is 0.176. The van der Waals surface area contributed by atoms with Crippen molar-refractivity contribution >= 4 is 27.9 Å². The van der Waals surface area contributed by atoms with E-state index in [0.717, 1.165) is 49.8 Å². The number of nitrogens with two attached hydrogens (primary N) is 1. The van der Waals surface area contributed by atoms with Crippen LogP contribution in [0.1, 0.15) is 23.1 Å².